The van der Waals surface area contributed by atoms with E-state index in [0.29, 0.717) is 6.04 Å². The fourth-order valence-electron chi connectivity index (χ4n) is 3.31. The molecular weight excluding hydrogens is 356 g/mol. The van der Waals surface area contributed by atoms with E-state index in [1.165, 1.54) is 18.4 Å². The Hall–Kier alpha value is -3.53. The monoisotopic (exact) mass is 378 g/mol. The molecule has 0 spiro atoms. The topological polar surface area (TPSA) is 50.7 Å². The SMILES string of the molecule is Cc1ccc(-c2cncc(-c3cc(NC4CC4)nc(-c4ccccc4)n3)c2)cc1. The molecular formula is C25H22N4. The zero-order valence-electron chi connectivity index (χ0n) is 16.3. The highest BCUT2D eigenvalue weighted by Gasteiger charge is 2.22. The summed E-state index contributed by atoms with van der Waals surface area (Å²) in [4.78, 5) is 14.1. The molecule has 2 aromatic carbocycles. The Morgan fingerprint density at radius 2 is 1.52 bits per heavy atom. The van der Waals surface area contributed by atoms with Crippen molar-refractivity contribution in [1.29, 1.82) is 0 Å². The van der Waals surface area contributed by atoms with Gasteiger partial charge in [0.2, 0.25) is 0 Å². The van der Waals surface area contributed by atoms with Crippen LogP contribution in [0.5, 0.6) is 0 Å². The number of aryl methyl sites for hydroxylation is 1. The second kappa shape index (κ2) is 7.47. The van der Waals surface area contributed by atoms with Crippen LogP contribution in [0.1, 0.15) is 18.4 Å². The molecule has 0 radical (unpaired) electrons. The molecule has 1 N–H and O–H groups in total. The van der Waals surface area contributed by atoms with Crippen molar-refractivity contribution in [1.82, 2.24) is 15.0 Å². The van der Waals surface area contributed by atoms with Gasteiger partial charge in [-0.15, -0.1) is 0 Å². The zero-order chi connectivity index (χ0) is 19.6. The second-order valence-corrected chi connectivity index (χ2v) is 7.57. The van der Waals surface area contributed by atoms with Crippen molar-refractivity contribution in [2.24, 2.45) is 0 Å². The van der Waals surface area contributed by atoms with Crippen molar-refractivity contribution in [3.05, 3.63) is 84.7 Å². The molecule has 4 nitrogen and oxygen atoms in total. The molecule has 1 saturated carbocycles. The summed E-state index contributed by atoms with van der Waals surface area (Å²) in [5, 5.41) is 3.52. The highest BCUT2D eigenvalue weighted by atomic mass is 15.1. The number of aromatic nitrogens is 3. The van der Waals surface area contributed by atoms with Crippen LogP contribution < -0.4 is 5.32 Å². The Bertz CT molecular complexity index is 1130. The Kier molecular flexibility index (Phi) is 4.53. The lowest BCUT2D eigenvalue weighted by Gasteiger charge is -2.11. The van der Waals surface area contributed by atoms with Crippen molar-refractivity contribution in [2.75, 3.05) is 5.32 Å². The third-order valence-corrected chi connectivity index (χ3v) is 5.11. The molecule has 1 aliphatic rings. The van der Waals surface area contributed by atoms with Gasteiger partial charge < -0.3 is 5.32 Å². The van der Waals surface area contributed by atoms with Gasteiger partial charge in [-0.05, 0) is 31.4 Å². The summed E-state index contributed by atoms with van der Waals surface area (Å²) < 4.78 is 0. The van der Waals surface area contributed by atoms with Crippen LogP contribution in [0.3, 0.4) is 0 Å². The fraction of sp³-hybridized carbons (Fsp3) is 0.160. The van der Waals surface area contributed by atoms with Crippen LogP contribution in [-0.4, -0.2) is 21.0 Å². The number of rotatable bonds is 5. The molecule has 0 atom stereocenters. The highest BCUT2D eigenvalue weighted by Crippen LogP contribution is 2.30. The minimum atomic E-state index is 0.526. The molecule has 1 aliphatic carbocycles. The van der Waals surface area contributed by atoms with Gasteiger partial charge in [-0.25, -0.2) is 9.97 Å². The first-order chi connectivity index (χ1) is 14.2. The summed E-state index contributed by atoms with van der Waals surface area (Å²) in [6.45, 7) is 2.10. The summed E-state index contributed by atoms with van der Waals surface area (Å²) >= 11 is 0. The lowest BCUT2D eigenvalue weighted by molar-refractivity contribution is 1.09. The Labute approximate surface area is 170 Å². The lowest BCUT2D eigenvalue weighted by Crippen LogP contribution is -2.05. The van der Waals surface area contributed by atoms with E-state index in [1.807, 2.05) is 48.8 Å². The van der Waals surface area contributed by atoms with Crippen LogP contribution >= 0.6 is 0 Å². The molecule has 142 valence electrons. The molecule has 29 heavy (non-hydrogen) atoms. The van der Waals surface area contributed by atoms with Crippen LogP contribution in [0.4, 0.5) is 5.82 Å². The molecule has 0 aliphatic heterocycles. The summed E-state index contributed by atoms with van der Waals surface area (Å²) in [5.74, 6) is 1.60. The van der Waals surface area contributed by atoms with E-state index in [-0.39, 0.29) is 0 Å². The van der Waals surface area contributed by atoms with Gasteiger partial charge in [0.25, 0.3) is 0 Å². The number of benzene rings is 2. The molecule has 0 saturated heterocycles. The fourth-order valence-corrected chi connectivity index (χ4v) is 3.31. The summed E-state index contributed by atoms with van der Waals surface area (Å²) in [6, 6.07) is 23.3. The number of hydrogen-bond acceptors (Lipinski definition) is 4. The first-order valence-corrected chi connectivity index (χ1v) is 9.98. The molecule has 2 heterocycles. The van der Waals surface area contributed by atoms with Gasteiger partial charge >= 0.3 is 0 Å². The number of anilines is 1. The van der Waals surface area contributed by atoms with E-state index in [0.717, 1.165) is 39.6 Å². The van der Waals surface area contributed by atoms with Crippen molar-refractivity contribution in [3.63, 3.8) is 0 Å². The third-order valence-electron chi connectivity index (χ3n) is 5.11. The number of pyridine rings is 1. The van der Waals surface area contributed by atoms with Crippen LogP contribution in [-0.2, 0) is 0 Å². The van der Waals surface area contributed by atoms with E-state index in [9.17, 15) is 0 Å². The molecule has 0 bridgehead atoms. The zero-order valence-corrected chi connectivity index (χ0v) is 16.3. The highest BCUT2D eigenvalue weighted by molar-refractivity contribution is 5.73. The first kappa shape index (κ1) is 17.6. The quantitative estimate of drug-likeness (QED) is 0.480. The van der Waals surface area contributed by atoms with E-state index in [1.54, 1.807) is 0 Å². The average Bonchev–Trinajstić information content (AvgIpc) is 3.59. The molecule has 4 aromatic rings. The standard InChI is InChI=1S/C25H22N4/c1-17-7-9-18(10-8-17)20-13-21(16-26-15-20)23-14-24(27-22-11-12-22)29-25(28-23)19-5-3-2-4-6-19/h2-10,13-16,22H,11-12H2,1H3,(H,27,28,29). The van der Waals surface area contributed by atoms with Gasteiger partial charge in [0.1, 0.15) is 5.82 Å². The average molecular weight is 378 g/mol. The number of hydrogen-bond donors (Lipinski definition) is 1. The van der Waals surface area contributed by atoms with Gasteiger partial charge in [-0.3, -0.25) is 4.98 Å². The minimum absolute atomic E-state index is 0.526. The summed E-state index contributed by atoms with van der Waals surface area (Å²) in [6.07, 6.45) is 6.17. The lowest BCUT2D eigenvalue weighted by atomic mass is 10.0. The number of nitrogens with zero attached hydrogens (tertiary/aromatic N) is 3. The van der Waals surface area contributed by atoms with Crippen LogP contribution in [0.25, 0.3) is 33.8 Å². The Morgan fingerprint density at radius 3 is 2.28 bits per heavy atom. The Balaban J connectivity index is 1.57. The maximum atomic E-state index is 4.86. The van der Waals surface area contributed by atoms with Crippen molar-refractivity contribution < 1.29 is 0 Å². The van der Waals surface area contributed by atoms with Crippen LogP contribution in [0.15, 0.2) is 79.1 Å². The van der Waals surface area contributed by atoms with E-state index in [4.69, 9.17) is 9.97 Å². The van der Waals surface area contributed by atoms with Crippen molar-refractivity contribution in [3.8, 4) is 33.8 Å². The smallest absolute Gasteiger partial charge is 0.162 e. The van der Waals surface area contributed by atoms with E-state index in [2.05, 4.69) is 47.6 Å². The molecule has 5 rings (SSSR count). The molecule has 0 unspecified atom stereocenters. The maximum absolute atomic E-state index is 4.86. The van der Waals surface area contributed by atoms with Gasteiger partial charge in [0.15, 0.2) is 5.82 Å². The van der Waals surface area contributed by atoms with Crippen molar-refractivity contribution >= 4 is 5.82 Å². The molecule has 4 heteroatoms. The van der Waals surface area contributed by atoms with Crippen LogP contribution in [0.2, 0.25) is 0 Å². The normalized spacial score (nSPS) is 13.3. The Morgan fingerprint density at radius 1 is 0.759 bits per heavy atom. The summed E-state index contributed by atoms with van der Waals surface area (Å²) in [5.41, 5.74) is 6.36. The maximum Gasteiger partial charge on any atom is 0.162 e. The van der Waals surface area contributed by atoms with E-state index >= 15 is 0 Å². The van der Waals surface area contributed by atoms with E-state index < -0.39 is 0 Å². The second-order valence-electron chi connectivity index (χ2n) is 7.57. The van der Waals surface area contributed by atoms with Gasteiger partial charge in [0.05, 0.1) is 5.69 Å². The van der Waals surface area contributed by atoms with Gasteiger partial charge in [-0.1, -0.05) is 60.2 Å². The molecule has 2 aromatic heterocycles. The predicted molar refractivity (Wildman–Crippen MR) is 118 cm³/mol. The number of nitrogens with one attached hydrogen (secondary N) is 1. The van der Waals surface area contributed by atoms with Crippen LogP contribution in [0, 0.1) is 6.92 Å². The molecule has 0 amide bonds. The first-order valence-electron chi connectivity index (χ1n) is 9.98. The van der Waals surface area contributed by atoms with Gasteiger partial charge in [0, 0.05) is 41.2 Å². The van der Waals surface area contributed by atoms with Crippen molar-refractivity contribution in [2.45, 2.75) is 25.8 Å². The summed E-state index contributed by atoms with van der Waals surface area (Å²) in [7, 11) is 0. The predicted octanol–water partition coefficient (Wildman–Crippen LogP) is 5.76. The third kappa shape index (κ3) is 4.02. The molecule has 1 fully saturated rings. The van der Waals surface area contributed by atoms with Gasteiger partial charge in [-0.2, -0.15) is 0 Å². The largest absolute Gasteiger partial charge is 0.367 e. The minimum Gasteiger partial charge on any atom is -0.367 e.